The van der Waals surface area contributed by atoms with Crippen LogP contribution < -0.4 is 27.8 Å². The van der Waals surface area contributed by atoms with E-state index in [2.05, 4.69) is 68.5 Å². The first-order valence-electron chi connectivity index (χ1n) is 8.14. The SMILES string of the molecule is C[Si](C)(C)c1nc2c([nH]1)=C(N)N([Si](C)(C)C)C(N)([Si](C)(C)C)N=2. The van der Waals surface area contributed by atoms with Gasteiger partial charge in [0.1, 0.15) is 27.3 Å². The number of imidazole rings is 1. The van der Waals surface area contributed by atoms with Crippen LogP contribution in [0.2, 0.25) is 58.9 Å². The fourth-order valence-corrected chi connectivity index (χ4v) is 8.96. The van der Waals surface area contributed by atoms with E-state index in [-0.39, 0.29) is 0 Å². The number of hydrogen-bond acceptors (Lipinski definition) is 5. The van der Waals surface area contributed by atoms with Crippen LogP contribution in [0.1, 0.15) is 0 Å². The second-order valence-electron chi connectivity index (χ2n) is 9.51. The molecular formula is C14H32N6Si3. The van der Waals surface area contributed by atoms with Gasteiger partial charge >= 0.3 is 0 Å². The molecule has 0 fully saturated rings. The summed E-state index contributed by atoms with van der Waals surface area (Å²) < 4.78 is 2.22. The summed E-state index contributed by atoms with van der Waals surface area (Å²) >= 11 is 0. The van der Waals surface area contributed by atoms with Crippen LogP contribution in [-0.4, -0.2) is 44.3 Å². The molecule has 0 aliphatic carbocycles. The molecule has 1 unspecified atom stereocenters. The third kappa shape index (κ3) is 2.94. The maximum atomic E-state index is 6.90. The Labute approximate surface area is 142 Å². The summed E-state index contributed by atoms with van der Waals surface area (Å²) in [5.41, 5.74) is 14.5. The fourth-order valence-electron chi connectivity index (χ4n) is 2.86. The standard InChI is InChI=1S/C14H32N6Si3/c1-21(2,3)13-17-10-11(15)20(23(7,8)9)14(16,22(4,5)6)19-12(10)18-13/h15-16H2,1-9H3,(H,17,18,19). The molecular weight excluding hydrogens is 336 g/mol. The zero-order chi connectivity index (χ0) is 18.0. The quantitative estimate of drug-likeness (QED) is 0.666. The lowest BCUT2D eigenvalue weighted by Crippen LogP contribution is -2.76. The number of fused-ring (bicyclic) bond motifs is 1. The molecule has 0 bridgehead atoms. The van der Waals surface area contributed by atoms with E-state index in [1.54, 1.807) is 0 Å². The molecule has 23 heavy (non-hydrogen) atoms. The minimum Gasteiger partial charge on any atom is -0.384 e. The number of hydrogen-bond donors (Lipinski definition) is 3. The van der Waals surface area contributed by atoms with Gasteiger partial charge in [0, 0.05) is 0 Å². The van der Waals surface area contributed by atoms with E-state index in [0.29, 0.717) is 5.49 Å². The molecule has 1 aliphatic heterocycles. The summed E-state index contributed by atoms with van der Waals surface area (Å²) in [5, 5.41) is 0.851. The molecule has 1 aromatic heterocycles. The third-order valence-electron chi connectivity index (χ3n) is 4.28. The highest BCUT2D eigenvalue weighted by Crippen LogP contribution is 2.31. The van der Waals surface area contributed by atoms with Gasteiger partial charge in [-0.2, -0.15) is 0 Å². The van der Waals surface area contributed by atoms with Crippen LogP contribution in [-0.2, 0) is 0 Å². The highest BCUT2D eigenvalue weighted by Gasteiger charge is 2.51. The first-order valence-corrected chi connectivity index (χ1v) is 18.6. The van der Waals surface area contributed by atoms with Gasteiger partial charge in [0.25, 0.3) is 0 Å². The van der Waals surface area contributed by atoms with Crippen LogP contribution in [0.5, 0.6) is 0 Å². The minimum atomic E-state index is -1.87. The minimum absolute atomic E-state index is 0.694. The summed E-state index contributed by atoms with van der Waals surface area (Å²) in [4.78, 5) is 13.2. The van der Waals surface area contributed by atoms with Gasteiger partial charge in [0.05, 0.1) is 5.45 Å². The normalized spacial score (nSPS) is 22.9. The molecule has 130 valence electrons. The van der Waals surface area contributed by atoms with Gasteiger partial charge in [0.15, 0.2) is 19.1 Å². The number of nitrogens with two attached hydrogens (primary N) is 2. The van der Waals surface area contributed by atoms with Crippen LogP contribution in [0.3, 0.4) is 0 Å². The van der Waals surface area contributed by atoms with Gasteiger partial charge in [-0.25, -0.2) is 9.98 Å². The van der Waals surface area contributed by atoms with Crippen molar-refractivity contribution in [3.8, 4) is 0 Å². The molecule has 2 heterocycles. The van der Waals surface area contributed by atoms with Crippen LogP contribution in [0.15, 0.2) is 4.99 Å². The van der Waals surface area contributed by atoms with Crippen molar-refractivity contribution in [2.75, 3.05) is 0 Å². The lowest BCUT2D eigenvalue weighted by atomic mass is 10.5. The molecule has 9 heteroatoms. The molecule has 1 aliphatic rings. The Bertz CT molecular complexity index is 735. The predicted molar refractivity (Wildman–Crippen MR) is 105 cm³/mol. The van der Waals surface area contributed by atoms with E-state index in [9.17, 15) is 0 Å². The smallest absolute Gasteiger partial charge is 0.179 e. The van der Waals surface area contributed by atoms with Crippen molar-refractivity contribution >= 4 is 35.7 Å². The molecule has 1 atom stereocenters. The molecule has 0 spiro atoms. The maximum absolute atomic E-state index is 6.90. The van der Waals surface area contributed by atoms with Crippen molar-refractivity contribution < 1.29 is 0 Å². The Balaban J connectivity index is 2.87. The van der Waals surface area contributed by atoms with Crippen LogP contribution in [0.25, 0.3) is 5.82 Å². The molecule has 1 aromatic rings. The Morgan fingerprint density at radius 2 is 1.52 bits per heavy atom. The number of H-pyrrole nitrogens is 1. The molecule has 0 saturated carbocycles. The molecule has 0 aromatic carbocycles. The highest BCUT2D eigenvalue weighted by molar-refractivity contribution is 6.87. The highest BCUT2D eigenvalue weighted by atomic mass is 28.3. The van der Waals surface area contributed by atoms with Crippen molar-refractivity contribution in [2.45, 2.75) is 64.3 Å². The van der Waals surface area contributed by atoms with Crippen molar-refractivity contribution in [1.82, 2.24) is 14.5 Å². The van der Waals surface area contributed by atoms with E-state index >= 15 is 0 Å². The van der Waals surface area contributed by atoms with Crippen molar-refractivity contribution in [2.24, 2.45) is 16.5 Å². The molecule has 0 amide bonds. The van der Waals surface area contributed by atoms with Gasteiger partial charge in [-0.05, 0) is 0 Å². The monoisotopic (exact) mass is 368 g/mol. The lowest BCUT2D eigenvalue weighted by Gasteiger charge is -2.53. The largest absolute Gasteiger partial charge is 0.384 e. The zero-order valence-electron chi connectivity index (χ0n) is 16.0. The third-order valence-corrected chi connectivity index (χ3v) is 10.6. The maximum Gasteiger partial charge on any atom is 0.179 e. The molecule has 5 N–H and O–H groups in total. The van der Waals surface area contributed by atoms with E-state index in [1.165, 1.54) is 0 Å². The average molecular weight is 369 g/mol. The fraction of sp³-hybridized carbons (Fsp3) is 0.714. The Kier molecular flexibility index (Phi) is 4.04. The van der Waals surface area contributed by atoms with Crippen LogP contribution >= 0.6 is 0 Å². The van der Waals surface area contributed by atoms with Gasteiger partial charge in [-0.15, -0.1) is 0 Å². The van der Waals surface area contributed by atoms with E-state index < -0.39 is 29.8 Å². The summed E-state index contributed by atoms with van der Waals surface area (Å²) in [6.07, 6.45) is 0. The summed E-state index contributed by atoms with van der Waals surface area (Å²) in [5.74, 6) is 0.719. The number of nitrogens with one attached hydrogen (secondary N) is 1. The van der Waals surface area contributed by atoms with E-state index in [4.69, 9.17) is 21.4 Å². The number of nitrogens with zero attached hydrogens (tertiary/aromatic N) is 3. The van der Waals surface area contributed by atoms with Crippen LogP contribution in [0.4, 0.5) is 0 Å². The molecule has 6 nitrogen and oxygen atoms in total. The van der Waals surface area contributed by atoms with Gasteiger partial charge in [-0.3, -0.25) is 5.73 Å². The molecule has 0 saturated heterocycles. The average Bonchev–Trinajstić information content (AvgIpc) is 2.68. The van der Waals surface area contributed by atoms with Crippen molar-refractivity contribution in [1.29, 1.82) is 0 Å². The van der Waals surface area contributed by atoms with Crippen molar-refractivity contribution in [3.63, 3.8) is 0 Å². The Morgan fingerprint density at radius 1 is 1.00 bits per heavy atom. The van der Waals surface area contributed by atoms with Gasteiger partial charge < -0.3 is 15.3 Å². The van der Waals surface area contributed by atoms with Gasteiger partial charge in [-0.1, -0.05) is 58.9 Å². The van der Waals surface area contributed by atoms with Crippen LogP contribution in [0, 0.1) is 0 Å². The first kappa shape index (κ1) is 18.4. The van der Waals surface area contributed by atoms with E-state index in [1.807, 2.05) is 0 Å². The number of aromatic amines is 1. The van der Waals surface area contributed by atoms with E-state index in [0.717, 1.165) is 16.6 Å². The summed E-state index contributed by atoms with van der Waals surface area (Å²) in [6.45, 7) is 20.3. The zero-order valence-corrected chi connectivity index (χ0v) is 19.0. The molecule has 0 radical (unpaired) electrons. The molecule has 2 rings (SSSR count). The van der Waals surface area contributed by atoms with Crippen molar-refractivity contribution in [3.05, 3.63) is 10.8 Å². The topological polar surface area (TPSA) is 96.3 Å². The Morgan fingerprint density at radius 3 is 1.91 bits per heavy atom. The second kappa shape index (κ2) is 5.04. The Hall–Kier alpha value is -0.909. The number of rotatable bonds is 3. The first-order chi connectivity index (χ1) is 10.1. The van der Waals surface area contributed by atoms with Gasteiger partial charge in [0.2, 0.25) is 0 Å². The lowest BCUT2D eigenvalue weighted by molar-refractivity contribution is 0.343. The second-order valence-corrected chi connectivity index (χ2v) is 24.5. The number of aromatic nitrogens is 2. The summed E-state index contributed by atoms with van der Waals surface area (Å²) in [6, 6.07) is 0. The predicted octanol–water partition coefficient (Wildman–Crippen LogP) is 0.239. The summed E-state index contributed by atoms with van der Waals surface area (Å²) in [7, 11) is -5.26.